The quantitative estimate of drug-likeness (QED) is 0.325. The maximum atomic E-state index is 12.6. The van der Waals surface area contributed by atoms with Crippen LogP contribution >= 0.6 is 0 Å². The van der Waals surface area contributed by atoms with Gasteiger partial charge < -0.3 is 20.1 Å². The molecule has 1 heterocycles. The first-order valence-electron chi connectivity index (χ1n) is 12.7. The molecule has 0 bridgehead atoms. The topological polar surface area (TPSA) is 96.7 Å². The number of carboxylic acids is 1. The largest absolute Gasteiger partial charge is 0.497 e. The lowest BCUT2D eigenvalue weighted by Gasteiger charge is -2.23. The summed E-state index contributed by atoms with van der Waals surface area (Å²) in [5, 5.41) is 17.5. The zero-order chi connectivity index (χ0) is 27.1. The molecule has 2 N–H and O–H groups in total. The number of nitrogens with zero attached hydrogens (tertiary/aromatic N) is 3. The number of benzene rings is 2. The van der Waals surface area contributed by atoms with Gasteiger partial charge in [0.05, 0.1) is 31.0 Å². The van der Waals surface area contributed by atoms with Crippen LogP contribution in [0.2, 0.25) is 0 Å². The van der Waals surface area contributed by atoms with E-state index in [2.05, 4.69) is 39.2 Å². The van der Waals surface area contributed by atoms with E-state index < -0.39 is 5.97 Å². The molecule has 198 valence electrons. The summed E-state index contributed by atoms with van der Waals surface area (Å²) in [4.78, 5) is 24.9. The molecule has 3 aromatic rings. The highest BCUT2D eigenvalue weighted by Crippen LogP contribution is 2.32. The van der Waals surface area contributed by atoms with E-state index in [0.29, 0.717) is 11.5 Å². The summed E-state index contributed by atoms with van der Waals surface area (Å²) in [6.45, 7) is 8.87. The number of aliphatic carboxylic acids is 1. The molecule has 0 spiro atoms. The number of anilines is 1. The number of aromatic nitrogens is 2. The van der Waals surface area contributed by atoms with Gasteiger partial charge in [0.2, 0.25) is 0 Å². The molecule has 3 rings (SSSR count). The van der Waals surface area contributed by atoms with Crippen LogP contribution in [0.3, 0.4) is 0 Å². The number of ether oxygens (including phenoxy) is 1. The third kappa shape index (κ3) is 7.35. The molecule has 1 aromatic heterocycles. The first-order valence-corrected chi connectivity index (χ1v) is 12.7. The standard InChI is InChI=1S/C29H38N4O4/c1-19(2)17-26(30-22-9-7-21(8-10-22)29(36)32(5)16-15-27(34)35)25-18-33(31-28(25)20(3)4)23-11-13-24(37-6)14-12-23/h7-14,18-20,26,30H,15-17H2,1-6H3,(H,34,35). The van der Waals surface area contributed by atoms with E-state index in [1.807, 2.05) is 41.1 Å². The second-order valence-electron chi connectivity index (χ2n) is 10.0. The van der Waals surface area contributed by atoms with E-state index in [4.69, 9.17) is 14.9 Å². The lowest BCUT2D eigenvalue weighted by Crippen LogP contribution is -2.29. The van der Waals surface area contributed by atoms with Gasteiger partial charge in [-0.3, -0.25) is 9.59 Å². The molecule has 8 heteroatoms. The molecule has 8 nitrogen and oxygen atoms in total. The first-order chi connectivity index (χ1) is 17.6. The van der Waals surface area contributed by atoms with Crippen LogP contribution in [0, 0.1) is 5.92 Å². The number of rotatable bonds is 12. The Balaban J connectivity index is 1.85. The van der Waals surface area contributed by atoms with E-state index in [1.54, 1.807) is 26.3 Å². The Kier molecular flexibility index (Phi) is 9.33. The fourth-order valence-corrected chi connectivity index (χ4v) is 4.22. The van der Waals surface area contributed by atoms with E-state index >= 15 is 0 Å². The summed E-state index contributed by atoms with van der Waals surface area (Å²) < 4.78 is 7.22. The second kappa shape index (κ2) is 12.4. The molecule has 37 heavy (non-hydrogen) atoms. The molecule has 1 atom stereocenters. The van der Waals surface area contributed by atoms with Crippen molar-refractivity contribution in [1.29, 1.82) is 0 Å². The van der Waals surface area contributed by atoms with Gasteiger partial charge in [-0.1, -0.05) is 27.7 Å². The Hall–Kier alpha value is -3.81. The monoisotopic (exact) mass is 506 g/mol. The maximum Gasteiger partial charge on any atom is 0.305 e. The number of carboxylic acid groups (broad SMARTS) is 1. The molecule has 1 unspecified atom stereocenters. The molecule has 2 aromatic carbocycles. The molecule has 1 amide bonds. The van der Waals surface area contributed by atoms with Gasteiger partial charge in [-0.05, 0) is 66.8 Å². The van der Waals surface area contributed by atoms with E-state index in [9.17, 15) is 9.59 Å². The number of nitrogens with one attached hydrogen (secondary N) is 1. The van der Waals surface area contributed by atoms with Crippen molar-refractivity contribution in [2.45, 2.75) is 52.5 Å². The van der Waals surface area contributed by atoms with Gasteiger partial charge in [0, 0.05) is 36.6 Å². The third-order valence-corrected chi connectivity index (χ3v) is 6.22. The number of amides is 1. The number of carbonyl (C=O) groups excluding carboxylic acids is 1. The summed E-state index contributed by atoms with van der Waals surface area (Å²) >= 11 is 0. The molecule has 0 fully saturated rings. The summed E-state index contributed by atoms with van der Waals surface area (Å²) in [5.74, 6) is 0.369. The molecule has 0 saturated carbocycles. The Bertz CT molecular complexity index is 1180. The van der Waals surface area contributed by atoms with Gasteiger partial charge >= 0.3 is 5.97 Å². The fourth-order valence-electron chi connectivity index (χ4n) is 4.22. The van der Waals surface area contributed by atoms with Crippen LogP contribution < -0.4 is 10.1 Å². The fraction of sp³-hybridized carbons (Fsp3) is 0.414. The maximum absolute atomic E-state index is 12.6. The average Bonchev–Trinajstić information content (AvgIpc) is 3.32. The molecular weight excluding hydrogens is 468 g/mol. The minimum atomic E-state index is -0.925. The zero-order valence-corrected chi connectivity index (χ0v) is 22.6. The van der Waals surface area contributed by atoms with Crippen molar-refractivity contribution in [2.24, 2.45) is 5.92 Å². The van der Waals surface area contributed by atoms with Gasteiger partial charge in [0.1, 0.15) is 5.75 Å². The molecule has 0 radical (unpaired) electrons. The number of hydrogen-bond donors (Lipinski definition) is 2. The van der Waals surface area contributed by atoms with Gasteiger partial charge in [0.15, 0.2) is 0 Å². The zero-order valence-electron chi connectivity index (χ0n) is 22.6. The van der Waals surface area contributed by atoms with E-state index in [0.717, 1.165) is 34.8 Å². The van der Waals surface area contributed by atoms with Gasteiger partial charge in [-0.2, -0.15) is 5.10 Å². The normalized spacial score (nSPS) is 12.0. The molecule has 0 aliphatic rings. The Labute approximate surface area is 219 Å². The lowest BCUT2D eigenvalue weighted by molar-refractivity contribution is -0.137. The van der Waals surface area contributed by atoms with Crippen molar-refractivity contribution in [3.8, 4) is 11.4 Å². The van der Waals surface area contributed by atoms with Crippen LogP contribution in [0.5, 0.6) is 5.75 Å². The van der Waals surface area contributed by atoms with E-state index in [1.165, 1.54) is 4.90 Å². The minimum absolute atomic E-state index is 0.0317. The minimum Gasteiger partial charge on any atom is -0.497 e. The lowest BCUT2D eigenvalue weighted by atomic mass is 9.94. The van der Waals surface area contributed by atoms with Crippen molar-refractivity contribution in [1.82, 2.24) is 14.7 Å². The van der Waals surface area contributed by atoms with Crippen LogP contribution in [0.1, 0.15) is 74.1 Å². The highest BCUT2D eigenvalue weighted by Gasteiger charge is 2.23. The third-order valence-electron chi connectivity index (χ3n) is 6.22. The van der Waals surface area contributed by atoms with Crippen LogP contribution in [-0.2, 0) is 4.79 Å². The number of hydrogen-bond acceptors (Lipinski definition) is 5. The first kappa shape index (κ1) is 27.8. The van der Waals surface area contributed by atoms with Crippen molar-refractivity contribution in [2.75, 3.05) is 26.0 Å². The van der Waals surface area contributed by atoms with Crippen molar-refractivity contribution in [3.05, 3.63) is 71.5 Å². The molecule has 0 aliphatic carbocycles. The van der Waals surface area contributed by atoms with E-state index in [-0.39, 0.29) is 30.8 Å². The van der Waals surface area contributed by atoms with Gasteiger partial charge in [-0.25, -0.2) is 4.68 Å². The summed E-state index contributed by atoms with van der Waals surface area (Å²) in [7, 11) is 3.27. The highest BCUT2D eigenvalue weighted by molar-refractivity contribution is 5.94. The second-order valence-corrected chi connectivity index (χ2v) is 10.0. The Morgan fingerprint density at radius 1 is 1.05 bits per heavy atom. The van der Waals surface area contributed by atoms with Crippen molar-refractivity contribution in [3.63, 3.8) is 0 Å². The SMILES string of the molecule is COc1ccc(-n2cc(C(CC(C)C)Nc3ccc(C(=O)N(C)CCC(=O)O)cc3)c(C(C)C)n2)cc1. The number of carbonyl (C=O) groups is 2. The van der Waals surface area contributed by atoms with Gasteiger partial charge in [-0.15, -0.1) is 0 Å². The average molecular weight is 507 g/mol. The summed E-state index contributed by atoms with van der Waals surface area (Å²) in [6.07, 6.45) is 2.93. The Morgan fingerprint density at radius 3 is 2.24 bits per heavy atom. The van der Waals surface area contributed by atoms with Crippen LogP contribution in [0.4, 0.5) is 5.69 Å². The van der Waals surface area contributed by atoms with Crippen molar-refractivity contribution >= 4 is 17.6 Å². The highest BCUT2D eigenvalue weighted by atomic mass is 16.5. The predicted octanol–water partition coefficient (Wildman–Crippen LogP) is 5.75. The smallest absolute Gasteiger partial charge is 0.305 e. The predicted molar refractivity (Wildman–Crippen MR) is 146 cm³/mol. The molecule has 0 aliphatic heterocycles. The number of methoxy groups -OCH3 is 1. The molecule has 0 saturated heterocycles. The van der Waals surface area contributed by atoms with Gasteiger partial charge in [0.25, 0.3) is 5.91 Å². The van der Waals surface area contributed by atoms with Crippen LogP contribution in [0.15, 0.2) is 54.7 Å². The van der Waals surface area contributed by atoms with Crippen LogP contribution in [-0.4, -0.2) is 52.4 Å². The summed E-state index contributed by atoms with van der Waals surface area (Å²) in [5.41, 5.74) is 4.58. The van der Waals surface area contributed by atoms with Crippen LogP contribution in [0.25, 0.3) is 5.69 Å². The Morgan fingerprint density at radius 2 is 1.70 bits per heavy atom. The summed E-state index contributed by atoms with van der Waals surface area (Å²) in [6, 6.07) is 15.2. The van der Waals surface area contributed by atoms with Crippen molar-refractivity contribution < 1.29 is 19.4 Å². The molecular formula is C29H38N4O4.